The molecule has 0 atom stereocenters. The molecule has 0 spiro atoms. The smallest absolute Gasteiger partial charge is 0.259 e. The Balaban J connectivity index is 2.32. The minimum atomic E-state index is -0.200. The Kier molecular flexibility index (Phi) is 5.00. The molecular weight excluding hydrogens is 398 g/mol. The molecule has 0 fully saturated rings. The lowest BCUT2D eigenvalue weighted by molar-refractivity contribution is 0.102. The van der Waals surface area contributed by atoms with Crippen molar-refractivity contribution in [3.63, 3.8) is 0 Å². The minimum Gasteiger partial charge on any atom is -0.372 e. The topological polar surface area (TPSA) is 54.0 Å². The highest BCUT2D eigenvalue weighted by molar-refractivity contribution is 9.10. The Morgan fingerprint density at radius 3 is 2.33 bits per heavy atom. The van der Waals surface area contributed by atoms with Crippen LogP contribution in [-0.2, 0) is 0 Å². The van der Waals surface area contributed by atoms with Crippen molar-refractivity contribution in [3.8, 4) is 0 Å². The molecule has 110 valence electrons. The largest absolute Gasteiger partial charge is 0.372 e. The summed E-state index contributed by atoms with van der Waals surface area (Å²) in [6, 6.07) is 5.60. The van der Waals surface area contributed by atoms with Crippen LogP contribution in [0.15, 0.2) is 33.3 Å². The van der Waals surface area contributed by atoms with Crippen LogP contribution in [0.4, 0.5) is 11.5 Å². The Hall–Kier alpha value is -1.40. The normalized spacial score (nSPS) is 10.3. The molecule has 0 saturated heterocycles. The fourth-order valence-electron chi connectivity index (χ4n) is 2.03. The lowest BCUT2D eigenvalue weighted by Gasteiger charge is -2.12. The number of carbonyl (C=O) groups excluding carboxylic acids is 1. The van der Waals surface area contributed by atoms with Crippen LogP contribution < -0.4 is 10.6 Å². The van der Waals surface area contributed by atoms with Crippen molar-refractivity contribution in [1.82, 2.24) is 4.98 Å². The summed E-state index contributed by atoms with van der Waals surface area (Å²) in [6.07, 6.45) is 1.65. The number of rotatable bonds is 3. The van der Waals surface area contributed by atoms with Crippen molar-refractivity contribution in [3.05, 3.63) is 50.0 Å². The third-order valence-corrected chi connectivity index (χ3v) is 4.71. The van der Waals surface area contributed by atoms with Crippen molar-refractivity contribution in [2.75, 3.05) is 17.7 Å². The van der Waals surface area contributed by atoms with E-state index in [0.29, 0.717) is 11.4 Å². The van der Waals surface area contributed by atoms with Crippen LogP contribution in [-0.4, -0.2) is 17.9 Å². The monoisotopic (exact) mass is 411 g/mol. The number of carbonyl (C=O) groups is 1. The molecule has 2 N–H and O–H groups in total. The van der Waals surface area contributed by atoms with Gasteiger partial charge in [-0.05, 0) is 59.1 Å². The molecule has 1 amide bonds. The number of nitrogens with one attached hydrogen (secondary N) is 2. The van der Waals surface area contributed by atoms with Gasteiger partial charge in [-0.25, -0.2) is 4.98 Å². The first-order chi connectivity index (χ1) is 9.92. The van der Waals surface area contributed by atoms with E-state index in [9.17, 15) is 4.79 Å². The van der Waals surface area contributed by atoms with Gasteiger partial charge in [0.1, 0.15) is 5.82 Å². The lowest BCUT2D eigenvalue weighted by atomic mass is 10.1. The second kappa shape index (κ2) is 6.58. The number of pyridine rings is 1. The molecule has 0 radical (unpaired) electrons. The number of hydrogen-bond acceptors (Lipinski definition) is 3. The van der Waals surface area contributed by atoms with Gasteiger partial charge in [-0.15, -0.1) is 0 Å². The van der Waals surface area contributed by atoms with E-state index in [1.54, 1.807) is 19.3 Å². The second-order valence-corrected chi connectivity index (χ2v) is 6.39. The van der Waals surface area contributed by atoms with Crippen LogP contribution in [0.25, 0.3) is 0 Å². The highest BCUT2D eigenvalue weighted by atomic mass is 79.9. The number of anilines is 2. The molecule has 6 heteroatoms. The van der Waals surface area contributed by atoms with Gasteiger partial charge in [-0.2, -0.15) is 0 Å². The number of aromatic nitrogens is 1. The Morgan fingerprint density at radius 1 is 1.14 bits per heavy atom. The van der Waals surface area contributed by atoms with E-state index in [-0.39, 0.29) is 5.91 Å². The van der Waals surface area contributed by atoms with Crippen LogP contribution in [0.5, 0.6) is 0 Å². The fraction of sp³-hybridized carbons (Fsp3) is 0.200. The van der Waals surface area contributed by atoms with Gasteiger partial charge in [0, 0.05) is 27.9 Å². The lowest BCUT2D eigenvalue weighted by Crippen LogP contribution is -2.15. The first kappa shape index (κ1) is 16.0. The average molecular weight is 413 g/mol. The predicted molar refractivity (Wildman–Crippen MR) is 93.1 cm³/mol. The van der Waals surface area contributed by atoms with Crippen LogP contribution in [0.3, 0.4) is 0 Å². The highest BCUT2D eigenvalue weighted by Gasteiger charge is 2.14. The summed E-state index contributed by atoms with van der Waals surface area (Å²) in [5.41, 5.74) is 3.41. The van der Waals surface area contributed by atoms with Crippen molar-refractivity contribution < 1.29 is 4.79 Å². The van der Waals surface area contributed by atoms with E-state index < -0.39 is 0 Å². The van der Waals surface area contributed by atoms with Crippen LogP contribution >= 0.6 is 31.9 Å². The Labute approximate surface area is 140 Å². The summed E-state index contributed by atoms with van der Waals surface area (Å²) in [4.78, 5) is 16.6. The van der Waals surface area contributed by atoms with E-state index in [4.69, 9.17) is 0 Å². The van der Waals surface area contributed by atoms with Crippen molar-refractivity contribution >= 4 is 49.3 Å². The third kappa shape index (κ3) is 3.63. The van der Waals surface area contributed by atoms with Crippen LogP contribution in [0.2, 0.25) is 0 Å². The minimum absolute atomic E-state index is 0.200. The fourth-order valence-corrected chi connectivity index (χ4v) is 2.59. The molecule has 21 heavy (non-hydrogen) atoms. The van der Waals surface area contributed by atoms with Gasteiger partial charge in [-0.3, -0.25) is 4.79 Å². The predicted octanol–water partition coefficient (Wildman–Crippen LogP) is 4.52. The van der Waals surface area contributed by atoms with Crippen LogP contribution in [0.1, 0.15) is 21.5 Å². The molecule has 1 aromatic carbocycles. The maximum atomic E-state index is 12.4. The van der Waals surface area contributed by atoms with Crippen molar-refractivity contribution in [2.45, 2.75) is 13.8 Å². The number of benzene rings is 1. The third-order valence-electron chi connectivity index (χ3n) is 3.03. The molecule has 4 nitrogen and oxygen atoms in total. The molecule has 0 bridgehead atoms. The molecule has 0 aliphatic rings. The summed E-state index contributed by atoms with van der Waals surface area (Å²) >= 11 is 6.85. The van der Waals surface area contributed by atoms with Gasteiger partial charge in [0.2, 0.25) is 0 Å². The Morgan fingerprint density at radius 2 is 1.76 bits per heavy atom. The molecule has 0 aliphatic heterocycles. The molecule has 2 aromatic rings. The van der Waals surface area contributed by atoms with Gasteiger partial charge < -0.3 is 10.6 Å². The first-order valence-corrected chi connectivity index (χ1v) is 7.92. The zero-order chi connectivity index (χ0) is 15.6. The van der Waals surface area contributed by atoms with Gasteiger partial charge in [0.25, 0.3) is 5.91 Å². The number of halogens is 2. The van der Waals surface area contributed by atoms with Gasteiger partial charge >= 0.3 is 0 Å². The summed E-state index contributed by atoms with van der Waals surface area (Å²) in [5.74, 6) is 0.343. The SMILES string of the molecule is CNc1ncc(Br)cc1C(=O)Nc1cc(C)c(Br)c(C)c1. The number of nitrogens with zero attached hydrogens (tertiary/aromatic N) is 1. The molecule has 1 heterocycles. The van der Waals surface area contributed by atoms with Crippen molar-refractivity contribution in [2.24, 2.45) is 0 Å². The summed E-state index contributed by atoms with van der Waals surface area (Å²) in [7, 11) is 1.74. The molecular formula is C15H15Br2N3O. The number of amides is 1. The highest BCUT2D eigenvalue weighted by Crippen LogP contribution is 2.26. The zero-order valence-corrected chi connectivity index (χ0v) is 15.1. The van der Waals surface area contributed by atoms with E-state index in [0.717, 1.165) is 25.8 Å². The summed E-state index contributed by atoms with van der Waals surface area (Å²) in [5, 5.41) is 5.83. The molecule has 0 unspecified atom stereocenters. The van der Waals surface area contributed by atoms with Gasteiger partial charge in [0.15, 0.2) is 0 Å². The maximum absolute atomic E-state index is 12.4. The average Bonchev–Trinajstić information content (AvgIpc) is 2.44. The quantitative estimate of drug-likeness (QED) is 0.779. The van der Waals surface area contributed by atoms with E-state index in [1.165, 1.54) is 0 Å². The first-order valence-electron chi connectivity index (χ1n) is 6.33. The number of aryl methyl sites for hydroxylation is 2. The van der Waals surface area contributed by atoms with Crippen LogP contribution in [0, 0.1) is 13.8 Å². The summed E-state index contributed by atoms with van der Waals surface area (Å²) in [6.45, 7) is 3.98. The molecule has 0 aliphatic carbocycles. The van der Waals surface area contributed by atoms with Crippen molar-refractivity contribution in [1.29, 1.82) is 0 Å². The molecule has 1 aromatic heterocycles. The summed E-state index contributed by atoms with van der Waals surface area (Å²) < 4.78 is 1.82. The second-order valence-electron chi connectivity index (χ2n) is 4.68. The molecule has 0 saturated carbocycles. The van der Waals surface area contributed by atoms with E-state index in [1.807, 2.05) is 26.0 Å². The van der Waals surface area contributed by atoms with Gasteiger partial charge in [-0.1, -0.05) is 15.9 Å². The molecule has 2 rings (SSSR count). The Bertz CT molecular complexity index is 678. The zero-order valence-electron chi connectivity index (χ0n) is 11.9. The van der Waals surface area contributed by atoms with E-state index in [2.05, 4.69) is 47.5 Å². The standard InChI is InChI=1S/C15H15Br2N3O/c1-8-4-11(5-9(2)13(8)17)20-15(21)12-6-10(16)7-19-14(12)18-3/h4-7H,1-3H3,(H,18,19)(H,20,21). The van der Waals surface area contributed by atoms with E-state index >= 15 is 0 Å². The number of hydrogen-bond donors (Lipinski definition) is 2. The van der Waals surface area contributed by atoms with Gasteiger partial charge in [0.05, 0.1) is 5.56 Å². The maximum Gasteiger partial charge on any atom is 0.259 e.